The average molecular weight is 226 g/mol. The third-order valence-corrected chi connectivity index (χ3v) is 3.50. The Labute approximate surface area is 92.5 Å². The molecule has 0 aromatic carbocycles. The average Bonchev–Trinajstić information content (AvgIpc) is 2.62. The first-order chi connectivity index (χ1) is 7.06. The molecule has 0 radical (unpaired) electrons. The topological polar surface area (TPSA) is 73.1 Å². The first-order valence-electron chi connectivity index (χ1n) is 4.74. The van der Waals surface area contributed by atoms with Crippen molar-refractivity contribution in [3.8, 4) is 0 Å². The van der Waals surface area contributed by atoms with Crippen LogP contribution in [0, 0.1) is 0 Å². The van der Waals surface area contributed by atoms with E-state index in [4.69, 9.17) is 5.73 Å². The zero-order valence-corrected chi connectivity index (χ0v) is 9.58. The van der Waals surface area contributed by atoms with Gasteiger partial charge in [0.25, 0.3) is 0 Å². The Bertz CT molecular complexity index is 360. The smallest absolute Gasteiger partial charge is 0.227 e. The van der Waals surface area contributed by atoms with Crippen molar-refractivity contribution in [1.29, 1.82) is 0 Å². The number of primary amides is 1. The number of hydrogen-bond acceptors (Lipinski definition) is 4. The van der Waals surface area contributed by atoms with Gasteiger partial charge < -0.3 is 10.5 Å². The van der Waals surface area contributed by atoms with Gasteiger partial charge >= 0.3 is 0 Å². The summed E-state index contributed by atoms with van der Waals surface area (Å²) >= 11 is 1.45. The van der Waals surface area contributed by atoms with E-state index in [1.807, 2.05) is 0 Å². The van der Waals surface area contributed by atoms with Gasteiger partial charge in [-0.05, 0) is 5.92 Å². The quantitative estimate of drug-likeness (QED) is 0.772. The minimum Gasteiger partial charge on any atom is -0.369 e. The highest BCUT2D eigenvalue weighted by atomic mass is 32.1. The summed E-state index contributed by atoms with van der Waals surface area (Å²) in [6, 6.07) is 0. The van der Waals surface area contributed by atoms with Gasteiger partial charge in [0, 0.05) is 17.5 Å². The lowest BCUT2D eigenvalue weighted by Gasteiger charge is -2.05. The molecule has 5 heteroatoms. The summed E-state index contributed by atoms with van der Waals surface area (Å²) in [5.41, 5.74) is 5.21. The molecule has 1 unspecified atom stereocenters. The molecule has 1 amide bonds. The molecule has 1 rings (SSSR count). The zero-order chi connectivity index (χ0) is 11.4. The molecule has 82 valence electrons. The molecule has 0 saturated heterocycles. The number of amides is 1. The van der Waals surface area contributed by atoms with E-state index in [-0.39, 0.29) is 6.42 Å². The van der Waals surface area contributed by atoms with Crippen LogP contribution in [0.3, 0.4) is 0 Å². The van der Waals surface area contributed by atoms with Crippen molar-refractivity contribution in [2.45, 2.75) is 32.1 Å². The standard InChI is InChI=1S/C10H14N2O2S/c1-6(2)8-5-12-10(15-8)7(3-4-13)9(11)14/h4-7H,3H2,1-2H3,(H2,11,14). The Balaban J connectivity index is 2.91. The number of nitrogens with two attached hydrogens (primary N) is 1. The van der Waals surface area contributed by atoms with Crippen molar-refractivity contribution in [3.63, 3.8) is 0 Å². The third kappa shape index (κ3) is 2.86. The molecule has 0 fully saturated rings. The summed E-state index contributed by atoms with van der Waals surface area (Å²) in [6.45, 7) is 4.10. The van der Waals surface area contributed by atoms with Crippen LogP contribution in [0.2, 0.25) is 0 Å². The Morgan fingerprint density at radius 1 is 1.67 bits per heavy atom. The van der Waals surface area contributed by atoms with Crippen molar-refractivity contribution in [2.24, 2.45) is 5.73 Å². The molecule has 1 aromatic heterocycles. The fourth-order valence-corrected chi connectivity index (χ4v) is 2.21. The number of nitrogens with zero attached hydrogens (tertiary/aromatic N) is 1. The van der Waals surface area contributed by atoms with Gasteiger partial charge in [0.1, 0.15) is 11.3 Å². The van der Waals surface area contributed by atoms with Gasteiger partial charge in [0.05, 0.1) is 5.92 Å². The largest absolute Gasteiger partial charge is 0.369 e. The Kier molecular flexibility index (Phi) is 3.96. The second kappa shape index (κ2) is 5.02. The lowest BCUT2D eigenvalue weighted by atomic mass is 10.1. The van der Waals surface area contributed by atoms with Gasteiger partial charge in [-0.2, -0.15) is 0 Å². The van der Waals surface area contributed by atoms with E-state index in [0.29, 0.717) is 17.2 Å². The van der Waals surface area contributed by atoms with Crippen molar-refractivity contribution in [3.05, 3.63) is 16.1 Å². The molecular formula is C10H14N2O2S. The lowest BCUT2D eigenvalue weighted by molar-refractivity contribution is -0.121. The number of rotatable bonds is 5. The number of carbonyl (C=O) groups excluding carboxylic acids is 2. The van der Waals surface area contributed by atoms with E-state index in [1.54, 1.807) is 6.20 Å². The third-order valence-electron chi connectivity index (χ3n) is 2.08. The van der Waals surface area contributed by atoms with Crippen LogP contribution < -0.4 is 5.73 Å². The summed E-state index contributed by atoms with van der Waals surface area (Å²) in [5.74, 6) is -0.687. The highest BCUT2D eigenvalue weighted by Crippen LogP contribution is 2.28. The molecule has 1 aromatic rings. The number of aldehydes is 1. The molecule has 2 N–H and O–H groups in total. The fourth-order valence-electron chi connectivity index (χ4n) is 1.16. The Morgan fingerprint density at radius 3 is 2.73 bits per heavy atom. The predicted molar refractivity (Wildman–Crippen MR) is 58.8 cm³/mol. The van der Waals surface area contributed by atoms with Gasteiger partial charge in [-0.1, -0.05) is 13.8 Å². The molecule has 0 aliphatic carbocycles. The normalized spacial score (nSPS) is 12.7. The van der Waals surface area contributed by atoms with Crippen molar-refractivity contribution in [1.82, 2.24) is 4.98 Å². The van der Waals surface area contributed by atoms with E-state index >= 15 is 0 Å². The van der Waals surface area contributed by atoms with E-state index in [0.717, 1.165) is 4.88 Å². The van der Waals surface area contributed by atoms with Crippen molar-refractivity contribution < 1.29 is 9.59 Å². The summed E-state index contributed by atoms with van der Waals surface area (Å²) in [4.78, 5) is 26.7. The maximum Gasteiger partial charge on any atom is 0.227 e. The van der Waals surface area contributed by atoms with Crippen molar-refractivity contribution >= 4 is 23.5 Å². The van der Waals surface area contributed by atoms with Crippen LogP contribution in [0.1, 0.15) is 42.0 Å². The molecule has 15 heavy (non-hydrogen) atoms. The van der Waals surface area contributed by atoms with Gasteiger partial charge in [-0.15, -0.1) is 11.3 Å². The minimum atomic E-state index is -0.569. The SMILES string of the molecule is CC(C)c1cnc(C(CC=O)C(N)=O)s1. The lowest BCUT2D eigenvalue weighted by Crippen LogP contribution is -2.21. The molecule has 0 aliphatic rings. The van der Waals surface area contributed by atoms with Crippen LogP contribution in [0.4, 0.5) is 0 Å². The van der Waals surface area contributed by atoms with E-state index in [1.165, 1.54) is 11.3 Å². The van der Waals surface area contributed by atoms with Gasteiger partial charge in [-0.3, -0.25) is 4.79 Å². The zero-order valence-electron chi connectivity index (χ0n) is 8.77. The molecule has 4 nitrogen and oxygen atoms in total. The minimum absolute atomic E-state index is 0.111. The van der Waals surface area contributed by atoms with Crippen LogP contribution in [-0.4, -0.2) is 17.2 Å². The molecule has 0 aliphatic heterocycles. The number of hydrogen-bond donors (Lipinski definition) is 1. The summed E-state index contributed by atoms with van der Waals surface area (Å²) in [6.07, 6.45) is 2.55. The number of thiazole rings is 1. The van der Waals surface area contributed by atoms with Gasteiger partial charge in [0.15, 0.2) is 0 Å². The van der Waals surface area contributed by atoms with Crippen LogP contribution in [0.15, 0.2) is 6.20 Å². The van der Waals surface area contributed by atoms with Crippen LogP contribution in [0.5, 0.6) is 0 Å². The maximum atomic E-state index is 11.1. The second-order valence-corrected chi connectivity index (χ2v) is 4.71. The number of carbonyl (C=O) groups is 2. The van der Waals surface area contributed by atoms with E-state index < -0.39 is 11.8 Å². The van der Waals surface area contributed by atoms with Crippen LogP contribution in [-0.2, 0) is 9.59 Å². The van der Waals surface area contributed by atoms with Crippen LogP contribution >= 0.6 is 11.3 Å². The monoisotopic (exact) mass is 226 g/mol. The predicted octanol–water partition coefficient (Wildman–Crippen LogP) is 1.42. The van der Waals surface area contributed by atoms with Crippen LogP contribution in [0.25, 0.3) is 0 Å². The second-order valence-electron chi connectivity index (χ2n) is 3.61. The summed E-state index contributed by atoms with van der Waals surface area (Å²) < 4.78 is 0. The molecule has 0 saturated carbocycles. The summed E-state index contributed by atoms with van der Waals surface area (Å²) in [7, 11) is 0. The van der Waals surface area contributed by atoms with E-state index in [2.05, 4.69) is 18.8 Å². The Morgan fingerprint density at radius 2 is 2.33 bits per heavy atom. The molecule has 1 atom stereocenters. The molecular weight excluding hydrogens is 212 g/mol. The maximum absolute atomic E-state index is 11.1. The summed E-state index contributed by atoms with van der Waals surface area (Å²) in [5, 5.41) is 0.637. The van der Waals surface area contributed by atoms with Crippen molar-refractivity contribution in [2.75, 3.05) is 0 Å². The van der Waals surface area contributed by atoms with Gasteiger partial charge in [0.2, 0.25) is 5.91 Å². The molecule has 0 bridgehead atoms. The molecule has 1 heterocycles. The highest BCUT2D eigenvalue weighted by Gasteiger charge is 2.21. The Hall–Kier alpha value is -1.23. The highest BCUT2D eigenvalue weighted by molar-refractivity contribution is 7.11. The first-order valence-corrected chi connectivity index (χ1v) is 5.56. The van der Waals surface area contributed by atoms with E-state index in [9.17, 15) is 9.59 Å². The first kappa shape index (κ1) is 11.8. The molecule has 0 spiro atoms. The fraction of sp³-hybridized carbons (Fsp3) is 0.500. The number of aromatic nitrogens is 1. The van der Waals surface area contributed by atoms with Gasteiger partial charge in [-0.25, -0.2) is 4.98 Å².